The standard InChI is InChI=1S/C14H20N2O3/c1-8(2)7-15-14(19)16-11-5-9(3)10(4)12(6-11)13(17)18/h5-6,8H,7H2,1-4H3,(H,17,18)(H2,15,16,19). The lowest BCUT2D eigenvalue weighted by molar-refractivity contribution is 0.0696. The second kappa shape index (κ2) is 6.22. The number of rotatable bonds is 4. The van der Waals surface area contributed by atoms with Crippen molar-refractivity contribution in [2.75, 3.05) is 11.9 Å². The molecule has 0 aliphatic heterocycles. The van der Waals surface area contributed by atoms with Gasteiger partial charge in [0, 0.05) is 12.2 Å². The molecule has 3 N–H and O–H groups in total. The minimum Gasteiger partial charge on any atom is -0.478 e. The lowest BCUT2D eigenvalue weighted by Gasteiger charge is -2.12. The number of hydrogen-bond acceptors (Lipinski definition) is 2. The molecule has 0 unspecified atom stereocenters. The van der Waals surface area contributed by atoms with Gasteiger partial charge >= 0.3 is 12.0 Å². The molecule has 0 fully saturated rings. The van der Waals surface area contributed by atoms with Crippen LogP contribution < -0.4 is 10.6 Å². The first-order chi connectivity index (χ1) is 8.81. The zero-order chi connectivity index (χ0) is 14.6. The van der Waals surface area contributed by atoms with Crippen LogP contribution in [0, 0.1) is 19.8 Å². The highest BCUT2D eigenvalue weighted by molar-refractivity contribution is 5.94. The van der Waals surface area contributed by atoms with Crippen LogP contribution in [0.15, 0.2) is 12.1 Å². The Hall–Kier alpha value is -2.04. The van der Waals surface area contributed by atoms with E-state index in [2.05, 4.69) is 10.6 Å². The van der Waals surface area contributed by atoms with Crippen LogP contribution in [0.5, 0.6) is 0 Å². The summed E-state index contributed by atoms with van der Waals surface area (Å²) >= 11 is 0. The Morgan fingerprint density at radius 3 is 2.42 bits per heavy atom. The zero-order valence-electron chi connectivity index (χ0n) is 11.7. The summed E-state index contributed by atoms with van der Waals surface area (Å²) in [6, 6.07) is 2.91. The van der Waals surface area contributed by atoms with E-state index < -0.39 is 5.97 Å². The monoisotopic (exact) mass is 264 g/mol. The van der Waals surface area contributed by atoms with Gasteiger partial charge in [0.05, 0.1) is 5.56 Å². The van der Waals surface area contributed by atoms with Crippen LogP contribution in [0.2, 0.25) is 0 Å². The van der Waals surface area contributed by atoms with Crippen molar-refractivity contribution in [1.29, 1.82) is 0 Å². The Bertz CT molecular complexity index is 496. The van der Waals surface area contributed by atoms with Gasteiger partial charge in [-0.1, -0.05) is 13.8 Å². The van der Waals surface area contributed by atoms with Crippen LogP contribution in [-0.2, 0) is 0 Å². The number of nitrogens with one attached hydrogen (secondary N) is 2. The number of carbonyl (C=O) groups excluding carboxylic acids is 1. The van der Waals surface area contributed by atoms with Crippen molar-refractivity contribution in [1.82, 2.24) is 5.32 Å². The van der Waals surface area contributed by atoms with Crippen LogP contribution in [0.25, 0.3) is 0 Å². The van der Waals surface area contributed by atoms with E-state index in [-0.39, 0.29) is 11.6 Å². The molecule has 0 spiro atoms. The summed E-state index contributed by atoms with van der Waals surface area (Å²) in [5.74, 6) is -0.632. The van der Waals surface area contributed by atoms with Crippen molar-refractivity contribution < 1.29 is 14.7 Å². The van der Waals surface area contributed by atoms with Gasteiger partial charge in [-0.05, 0) is 43.0 Å². The molecule has 0 heterocycles. The zero-order valence-corrected chi connectivity index (χ0v) is 11.7. The minimum atomic E-state index is -0.994. The van der Waals surface area contributed by atoms with Crippen molar-refractivity contribution in [2.24, 2.45) is 5.92 Å². The molecule has 1 aromatic carbocycles. The van der Waals surface area contributed by atoms with E-state index >= 15 is 0 Å². The second-order valence-corrected chi connectivity index (χ2v) is 5.00. The Kier molecular flexibility index (Phi) is 4.92. The summed E-state index contributed by atoms with van der Waals surface area (Å²) < 4.78 is 0. The lowest BCUT2D eigenvalue weighted by Crippen LogP contribution is -2.31. The number of carbonyl (C=O) groups is 2. The van der Waals surface area contributed by atoms with E-state index in [4.69, 9.17) is 5.11 Å². The number of aryl methyl sites for hydroxylation is 1. The van der Waals surface area contributed by atoms with Crippen molar-refractivity contribution in [3.05, 3.63) is 28.8 Å². The highest BCUT2D eigenvalue weighted by atomic mass is 16.4. The van der Waals surface area contributed by atoms with Crippen LogP contribution in [0.4, 0.5) is 10.5 Å². The van der Waals surface area contributed by atoms with Gasteiger partial charge in [-0.25, -0.2) is 9.59 Å². The maximum absolute atomic E-state index is 11.6. The molecular weight excluding hydrogens is 244 g/mol. The third kappa shape index (κ3) is 4.28. The van der Waals surface area contributed by atoms with Crippen LogP contribution in [0.1, 0.15) is 35.3 Å². The fraction of sp³-hybridized carbons (Fsp3) is 0.429. The Morgan fingerprint density at radius 1 is 1.26 bits per heavy atom. The number of aromatic carboxylic acids is 1. The van der Waals surface area contributed by atoms with E-state index in [0.717, 1.165) is 5.56 Å². The van der Waals surface area contributed by atoms with Gasteiger partial charge in [0.2, 0.25) is 0 Å². The van der Waals surface area contributed by atoms with Gasteiger partial charge in [0.15, 0.2) is 0 Å². The van der Waals surface area contributed by atoms with E-state index in [1.165, 1.54) is 6.07 Å². The summed E-state index contributed by atoms with van der Waals surface area (Å²) in [5, 5.41) is 14.5. The van der Waals surface area contributed by atoms with Crippen molar-refractivity contribution in [3.63, 3.8) is 0 Å². The number of carboxylic acids is 1. The normalized spacial score (nSPS) is 10.4. The average Bonchev–Trinajstić information content (AvgIpc) is 2.30. The predicted octanol–water partition coefficient (Wildman–Crippen LogP) is 2.78. The van der Waals surface area contributed by atoms with Gasteiger partial charge in [-0.15, -0.1) is 0 Å². The number of hydrogen-bond donors (Lipinski definition) is 3. The summed E-state index contributed by atoms with van der Waals surface area (Å²) in [6.45, 7) is 8.14. The molecule has 0 saturated carbocycles. The molecule has 0 aliphatic rings. The first-order valence-electron chi connectivity index (χ1n) is 6.20. The predicted molar refractivity (Wildman–Crippen MR) is 74.7 cm³/mol. The smallest absolute Gasteiger partial charge is 0.336 e. The van der Waals surface area contributed by atoms with E-state index in [0.29, 0.717) is 23.7 Å². The van der Waals surface area contributed by atoms with E-state index in [9.17, 15) is 9.59 Å². The van der Waals surface area contributed by atoms with Gasteiger partial charge in [0.1, 0.15) is 0 Å². The number of anilines is 1. The highest BCUT2D eigenvalue weighted by Gasteiger charge is 2.12. The third-order valence-electron chi connectivity index (χ3n) is 2.83. The molecule has 0 saturated heterocycles. The number of benzene rings is 1. The lowest BCUT2D eigenvalue weighted by atomic mass is 10.0. The molecule has 5 heteroatoms. The van der Waals surface area contributed by atoms with Gasteiger partial charge in [-0.3, -0.25) is 0 Å². The van der Waals surface area contributed by atoms with Gasteiger partial charge in [0.25, 0.3) is 0 Å². The van der Waals surface area contributed by atoms with Crippen LogP contribution >= 0.6 is 0 Å². The number of amides is 2. The average molecular weight is 264 g/mol. The fourth-order valence-electron chi connectivity index (χ4n) is 1.63. The summed E-state index contributed by atoms with van der Waals surface area (Å²) in [5.41, 5.74) is 2.24. The molecule has 0 aliphatic carbocycles. The third-order valence-corrected chi connectivity index (χ3v) is 2.83. The maximum atomic E-state index is 11.6. The Labute approximate surface area is 113 Å². The highest BCUT2D eigenvalue weighted by Crippen LogP contribution is 2.20. The Morgan fingerprint density at radius 2 is 1.89 bits per heavy atom. The number of carboxylic acid groups (broad SMARTS) is 1. The summed E-state index contributed by atoms with van der Waals surface area (Å²) in [4.78, 5) is 22.7. The molecule has 1 rings (SSSR count). The van der Waals surface area contributed by atoms with E-state index in [1.54, 1.807) is 13.0 Å². The first-order valence-corrected chi connectivity index (χ1v) is 6.20. The van der Waals surface area contributed by atoms with Crippen molar-refractivity contribution >= 4 is 17.7 Å². The summed E-state index contributed by atoms with van der Waals surface area (Å²) in [6.07, 6.45) is 0. The van der Waals surface area contributed by atoms with Crippen LogP contribution in [-0.4, -0.2) is 23.7 Å². The molecule has 2 amide bonds. The largest absolute Gasteiger partial charge is 0.478 e. The minimum absolute atomic E-state index is 0.208. The van der Waals surface area contributed by atoms with Crippen molar-refractivity contribution in [3.8, 4) is 0 Å². The van der Waals surface area contributed by atoms with Gasteiger partial charge < -0.3 is 15.7 Å². The molecule has 0 bridgehead atoms. The SMILES string of the molecule is Cc1cc(NC(=O)NCC(C)C)cc(C(=O)O)c1C. The molecular formula is C14H20N2O3. The molecule has 5 nitrogen and oxygen atoms in total. The topological polar surface area (TPSA) is 78.4 Å². The second-order valence-electron chi connectivity index (χ2n) is 5.00. The fourth-order valence-corrected chi connectivity index (χ4v) is 1.63. The molecule has 104 valence electrons. The van der Waals surface area contributed by atoms with E-state index in [1.807, 2.05) is 20.8 Å². The number of urea groups is 1. The molecule has 0 aromatic heterocycles. The van der Waals surface area contributed by atoms with Gasteiger partial charge in [-0.2, -0.15) is 0 Å². The van der Waals surface area contributed by atoms with Crippen molar-refractivity contribution in [2.45, 2.75) is 27.7 Å². The van der Waals surface area contributed by atoms with Crippen LogP contribution in [0.3, 0.4) is 0 Å². The molecule has 0 radical (unpaired) electrons. The first kappa shape index (κ1) is 15.0. The quantitative estimate of drug-likeness (QED) is 0.782. The Balaban J connectivity index is 2.85. The molecule has 0 atom stereocenters. The molecule has 19 heavy (non-hydrogen) atoms. The maximum Gasteiger partial charge on any atom is 0.336 e. The summed E-state index contributed by atoms with van der Waals surface area (Å²) in [7, 11) is 0. The molecule has 1 aromatic rings.